The van der Waals surface area contributed by atoms with Crippen molar-refractivity contribution in [3.8, 4) is 0 Å². The minimum atomic E-state index is 0.388. The summed E-state index contributed by atoms with van der Waals surface area (Å²) in [6, 6.07) is 6.26. The third kappa shape index (κ3) is 2.81. The van der Waals surface area contributed by atoms with Crippen LogP contribution in [-0.2, 0) is 6.42 Å². The first kappa shape index (κ1) is 13.7. The van der Waals surface area contributed by atoms with Gasteiger partial charge in [0, 0.05) is 23.4 Å². The minimum absolute atomic E-state index is 0.388. The van der Waals surface area contributed by atoms with Gasteiger partial charge in [-0.05, 0) is 44.9 Å². The molecular weight excluding hydrogens is 267 g/mol. The molecule has 1 aromatic carbocycles. The van der Waals surface area contributed by atoms with E-state index in [0.29, 0.717) is 11.9 Å². The highest BCUT2D eigenvalue weighted by Gasteiger charge is 2.13. The standard InChI is InChI=1S/C14H18Cl2N2/c1-10(2)18-13-9-11(16)6-7-12(13)17-14(18)5-3-4-8-15/h6-7,9-10H,3-5,8H2,1-2H3. The summed E-state index contributed by atoms with van der Waals surface area (Å²) in [6.07, 6.45) is 3.08. The number of rotatable bonds is 5. The Kier molecular flexibility index (Phi) is 4.52. The minimum Gasteiger partial charge on any atom is -0.325 e. The largest absolute Gasteiger partial charge is 0.325 e. The molecule has 0 amide bonds. The maximum absolute atomic E-state index is 6.07. The van der Waals surface area contributed by atoms with Crippen molar-refractivity contribution in [1.29, 1.82) is 0 Å². The Morgan fingerprint density at radius 1 is 1.28 bits per heavy atom. The van der Waals surface area contributed by atoms with E-state index in [0.717, 1.165) is 41.1 Å². The van der Waals surface area contributed by atoms with Gasteiger partial charge < -0.3 is 4.57 Å². The molecule has 0 saturated heterocycles. The van der Waals surface area contributed by atoms with Gasteiger partial charge in [-0.3, -0.25) is 0 Å². The first-order valence-electron chi connectivity index (χ1n) is 6.36. The zero-order valence-electron chi connectivity index (χ0n) is 10.8. The summed E-state index contributed by atoms with van der Waals surface area (Å²) in [7, 11) is 0. The molecule has 0 aliphatic carbocycles. The molecular formula is C14H18Cl2N2. The maximum Gasteiger partial charge on any atom is 0.110 e. The van der Waals surface area contributed by atoms with E-state index in [-0.39, 0.29) is 0 Å². The van der Waals surface area contributed by atoms with Gasteiger partial charge in [0.25, 0.3) is 0 Å². The fourth-order valence-corrected chi connectivity index (χ4v) is 2.60. The van der Waals surface area contributed by atoms with Crippen LogP contribution in [0.1, 0.15) is 38.6 Å². The van der Waals surface area contributed by atoms with Crippen LogP contribution in [0.3, 0.4) is 0 Å². The predicted molar refractivity (Wildman–Crippen MR) is 78.8 cm³/mol. The maximum atomic E-state index is 6.07. The Morgan fingerprint density at radius 2 is 2.06 bits per heavy atom. The second-order valence-corrected chi connectivity index (χ2v) is 5.59. The summed E-state index contributed by atoms with van der Waals surface area (Å²) in [5.74, 6) is 1.85. The summed E-state index contributed by atoms with van der Waals surface area (Å²) in [6.45, 7) is 4.35. The lowest BCUT2D eigenvalue weighted by atomic mass is 10.2. The molecule has 0 saturated carbocycles. The highest BCUT2D eigenvalue weighted by molar-refractivity contribution is 6.31. The molecule has 4 heteroatoms. The summed E-state index contributed by atoms with van der Waals surface area (Å²) >= 11 is 11.8. The van der Waals surface area contributed by atoms with Gasteiger partial charge in [0.1, 0.15) is 5.82 Å². The van der Waals surface area contributed by atoms with Crippen LogP contribution in [0, 0.1) is 0 Å². The Bertz CT molecular complexity index is 532. The lowest BCUT2D eigenvalue weighted by Gasteiger charge is -2.13. The third-order valence-electron chi connectivity index (χ3n) is 3.02. The van der Waals surface area contributed by atoms with E-state index in [4.69, 9.17) is 28.2 Å². The Hall–Kier alpha value is -0.730. The fourth-order valence-electron chi connectivity index (χ4n) is 2.25. The van der Waals surface area contributed by atoms with Gasteiger partial charge in [-0.1, -0.05) is 11.6 Å². The molecule has 0 bridgehead atoms. The molecule has 18 heavy (non-hydrogen) atoms. The van der Waals surface area contributed by atoms with Gasteiger partial charge in [0.05, 0.1) is 11.0 Å². The van der Waals surface area contributed by atoms with Crippen molar-refractivity contribution in [2.24, 2.45) is 0 Å². The molecule has 1 aromatic heterocycles. The number of imidazole rings is 1. The van der Waals surface area contributed by atoms with E-state index in [2.05, 4.69) is 18.4 Å². The van der Waals surface area contributed by atoms with Gasteiger partial charge in [-0.25, -0.2) is 4.98 Å². The van der Waals surface area contributed by atoms with Crippen molar-refractivity contribution in [2.45, 2.75) is 39.2 Å². The molecule has 2 aromatic rings. The molecule has 0 aliphatic heterocycles. The van der Waals surface area contributed by atoms with E-state index in [1.54, 1.807) is 0 Å². The molecule has 0 aliphatic rings. The normalized spacial score (nSPS) is 11.6. The zero-order chi connectivity index (χ0) is 13.1. The Balaban J connectivity index is 2.41. The van der Waals surface area contributed by atoms with Crippen LogP contribution in [0.4, 0.5) is 0 Å². The molecule has 0 atom stereocenters. The van der Waals surface area contributed by atoms with E-state index in [9.17, 15) is 0 Å². The molecule has 2 rings (SSSR count). The van der Waals surface area contributed by atoms with E-state index >= 15 is 0 Å². The molecule has 2 nitrogen and oxygen atoms in total. The number of aryl methyl sites for hydroxylation is 1. The number of unbranched alkanes of at least 4 members (excludes halogenated alkanes) is 1. The monoisotopic (exact) mass is 284 g/mol. The van der Waals surface area contributed by atoms with Crippen molar-refractivity contribution in [3.63, 3.8) is 0 Å². The number of alkyl halides is 1. The van der Waals surface area contributed by atoms with Gasteiger partial charge in [-0.15, -0.1) is 11.6 Å². The average molecular weight is 285 g/mol. The number of benzene rings is 1. The molecule has 98 valence electrons. The number of hydrogen-bond donors (Lipinski definition) is 0. The quantitative estimate of drug-likeness (QED) is 0.568. The van der Waals surface area contributed by atoms with E-state index < -0.39 is 0 Å². The highest BCUT2D eigenvalue weighted by Crippen LogP contribution is 2.25. The second-order valence-electron chi connectivity index (χ2n) is 4.77. The molecule has 0 fully saturated rings. The van der Waals surface area contributed by atoms with E-state index in [1.807, 2.05) is 18.2 Å². The Labute approximate surface area is 118 Å². The summed E-state index contributed by atoms with van der Waals surface area (Å²) in [4.78, 5) is 4.71. The molecule has 0 radical (unpaired) electrons. The van der Waals surface area contributed by atoms with Crippen molar-refractivity contribution in [1.82, 2.24) is 9.55 Å². The Morgan fingerprint density at radius 3 is 2.72 bits per heavy atom. The van der Waals surface area contributed by atoms with Crippen LogP contribution >= 0.6 is 23.2 Å². The SMILES string of the molecule is CC(C)n1c(CCCCCl)nc2ccc(Cl)cc21. The van der Waals surface area contributed by atoms with Crippen molar-refractivity contribution >= 4 is 34.2 Å². The molecule has 0 N–H and O–H groups in total. The first-order chi connectivity index (χ1) is 8.63. The number of fused-ring (bicyclic) bond motifs is 1. The smallest absolute Gasteiger partial charge is 0.110 e. The average Bonchev–Trinajstić information content (AvgIpc) is 2.67. The lowest BCUT2D eigenvalue weighted by molar-refractivity contribution is 0.574. The number of nitrogens with zero attached hydrogens (tertiary/aromatic N) is 2. The van der Waals surface area contributed by atoms with Gasteiger partial charge in [0.2, 0.25) is 0 Å². The van der Waals surface area contributed by atoms with Gasteiger partial charge in [-0.2, -0.15) is 0 Å². The highest BCUT2D eigenvalue weighted by atomic mass is 35.5. The van der Waals surface area contributed by atoms with Crippen LogP contribution in [0.15, 0.2) is 18.2 Å². The van der Waals surface area contributed by atoms with Crippen LogP contribution in [0.5, 0.6) is 0 Å². The number of hydrogen-bond acceptors (Lipinski definition) is 1. The second kappa shape index (κ2) is 5.94. The summed E-state index contributed by atoms with van der Waals surface area (Å²) < 4.78 is 2.27. The number of halogens is 2. The summed E-state index contributed by atoms with van der Waals surface area (Å²) in [5.41, 5.74) is 2.15. The van der Waals surface area contributed by atoms with Crippen molar-refractivity contribution < 1.29 is 0 Å². The van der Waals surface area contributed by atoms with Gasteiger partial charge in [0.15, 0.2) is 0 Å². The van der Waals surface area contributed by atoms with Crippen molar-refractivity contribution in [2.75, 3.05) is 5.88 Å². The lowest BCUT2D eigenvalue weighted by Crippen LogP contribution is -2.06. The van der Waals surface area contributed by atoms with Crippen LogP contribution in [0.2, 0.25) is 5.02 Å². The van der Waals surface area contributed by atoms with Crippen LogP contribution in [-0.4, -0.2) is 15.4 Å². The van der Waals surface area contributed by atoms with E-state index in [1.165, 1.54) is 0 Å². The molecule has 0 spiro atoms. The predicted octanol–water partition coefficient (Wildman–Crippen LogP) is 4.83. The third-order valence-corrected chi connectivity index (χ3v) is 3.53. The van der Waals surface area contributed by atoms with Crippen LogP contribution < -0.4 is 0 Å². The first-order valence-corrected chi connectivity index (χ1v) is 7.27. The molecule has 0 unspecified atom stereocenters. The van der Waals surface area contributed by atoms with Gasteiger partial charge >= 0.3 is 0 Å². The van der Waals surface area contributed by atoms with Crippen LogP contribution in [0.25, 0.3) is 11.0 Å². The summed E-state index contributed by atoms with van der Waals surface area (Å²) in [5, 5.41) is 0.761. The zero-order valence-corrected chi connectivity index (χ0v) is 12.3. The topological polar surface area (TPSA) is 17.8 Å². The number of aromatic nitrogens is 2. The van der Waals surface area contributed by atoms with Crippen molar-refractivity contribution in [3.05, 3.63) is 29.0 Å². The fraction of sp³-hybridized carbons (Fsp3) is 0.500. The molecule has 1 heterocycles.